The summed E-state index contributed by atoms with van der Waals surface area (Å²) in [6.07, 6.45) is 2.19. The minimum absolute atomic E-state index is 0.0248. The molecule has 1 N–H and O–H groups in total. The van der Waals surface area contributed by atoms with Crippen LogP contribution < -0.4 is 4.72 Å². The van der Waals surface area contributed by atoms with Crippen molar-refractivity contribution in [2.24, 2.45) is 15.8 Å². The molecule has 1 saturated heterocycles. The topological polar surface area (TPSA) is 74.7 Å². The molecular formula is C19H30N4O2S2. The molecule has 8 heteroatoms. The number of fused-ring (bicyclic) bond motifs is 1. The normalized spacial score (nSPS) is 24.3. The molecule has 0 amide bonds. The van der Waals surface area contributed by atoms with Gasteiger partial charge in [-0.1, -0.05) is 41.5 Å². The summed E-state index contributed by atoms with van der Waals surface area (Å²) >= 11 is 1.14. The molecule has 0 aliphatic carbocycles. The zero-order valence-electron chi connectivity index (χ0n) is 17.2. The first-order valence-corrected chi connectivity index (χ1v) is 11.7. The zero-order chi connectivity index (χ0) is 20.2. The standard InChI is InChI=1S/C19H30N4O2S2/c1-12-15(18(2,3)4)14-10-13(11-23(14)16(21-12)19(5,6)7)22-27(24,25)17-20-8-9-26-17/h8-9,12-13,22H,10-11H2,1-7H3/t12-,13-/m0/s1. The minimum atomic E-state index is -3.59. The Morgan fingerprint density at radius 3 is 2.37 bits per heavy atom. The number of nitrogens with one attached hydrogen (secondary N) is 1. The number of aliphatic imine (C=N–C) groups is 1. The van der Waals surface area contributed by atoms with Gasteiger partial charge >= 0.3 is 0 Å². The number of hydrogen-bond donors (Lipinski definition) is 1. The molecule has 2 aliphatic heterocycles. The second-order valence-electron chi connectivity index (χ2n) is 9.42. The summed E-state index contributed by atoms with van der Waals surface area (Å²) in [7, 11) is -3.59. The molecule has 2 atom stereocenters. The fourth-order valence-corrected chi connectivity index (χ4v) is 6.19. The highest BCUT2D eigenvalue weighted by molar-refractivity contribution is 7.91. The summed E-state index contributed by atoms with van der Waals surface area (Å²) in [6.45, 7) is 15.8. The van der Waals surface area contributed by atoms with E-state index in [4.69, 9.17) is 4.99 Å². The molecular weight excluding hydrogens is 380 g/mol. The van der Waals surface area contributed by atoms with Gasteiger partial charge in [0.15, 0.2) is 0 Å². The SMILES string of the molecule is C[C@@H]1N=C(C(C)(C)C)N2C[C@@H](NS(=O)(=O)c3nccs3)CC2=C1C(C)(C)C. The Balaban J connectivity index is 1.97. The smallest absolute Gasteiger partial charge is 0.268 e. The van der Waals surface area contributed by atoms with Gasteiger partial charge in [0.25, 0.3) is 10.0 Å². The van der Waals surface area contributed by atoms with Crippen molar-refractivity contribution in [2.45, 2.75) is 71.3 Å². The van der Waals surface area contributed by atoms with Crippen LogP contribution in [0.15, 0.2) is 32.2 Å². The van der Waals surface area contributed by atoms with E-state index >= 15 is 0 Å². The van der Waals surface area contributed by atoms with Gasteiger partial charge in [-0.2, -0.15) is 0 Å². The summed E-state index contributed by atoms with van der Waals surface area (Å²) in [6, 6.07) is -0.0936. The second kappa shape index (κ2) is 6.67. The lowest BCUT2D eigenvalue weighted by Gasteiger charge is -2.41. The number of thiazole rings is 1. The molecule has 27 heavy (non-hydrogen) atoms. The number of nitrogens with zero attached hydrogens (tertiary/aromatic N) is 3. The van der Waals surface area contributed by atoms with Crippen LogP contribution in [-0.2, 0) is 10.0 Å². The lowest BCUT2D eigenvalue weighted by molar-refractivity contribution is 0.393. The van der Waals surface area contributed by atoms with E-state index in [-0.39, 0.29) is 27.3 Å². The van der Waals surface area contributed by atoms with Crippen LogP contribution >= 0.6 is 11.3 Å². The van der Waals surface area contributed by atoms with Crippen LogP contribution in [0, 0.1) is 10.8 Å². The van der Waals surface area contributed by atoms with Gasteiger partial charge in [0.2, 0.25) is 4.34 Å². The molecule has 3 rings (SSSR count). The predicted molar refractivity (Wildman–Crippen MR) is 110 cm³/mol. The first-order chi connectivity index (χ1) is 12.3. The van der Waals surface area contributed by atoms with E-state index in [1.54, 1.807) is 5.38 Å². The van der Waals surface area contributed by atoms with Gasteiger partial charge in [0.05, 0.1) is 6.04 Å². The van der Waals surface area contributed by atoms with Crippen molar-refractivity contribution in [1.82, 2.24) is 14.6 Å². The van der Waals surface area contributed by atoms with Gasteiger partial charge in [0, 0.05) is 41.7 Å². The maximum atomic E-state index is 12.6. The van der Waals surface area contributed by atoms with Gasteiger partial charge < -0.3 is 4.90 Å². The monoisotopic (exact) mass is 410 g/mol. The largest absolute Gasteiger partial charge is 0.332 e. The molecule has 6 nitrogen and oxygen atoms in total. The Kier molecular flexibility index (Phi) is 5.06. The molecule has 0 aromatic carbocycles. The molecule has 0 radical (unpaired) electrons. The number of amidine groups is 1. The average Bonchev–Trinajstić information content (AvgIpc) is 3.12. The third-order valence-corrected chi connectivity index (χ3v) is 7.63. The van der Waals surface area contributed by atoms with E-state index < -0.39 is 10.0 Å². The number of aromatic nitrogens is 1. The molecule has 0 bridgehead atoms. The van der Waals surface area contributed by atoms with Gasteiger partial charge in [-0.3, -0.25) is 4.99 Å². The van der Waals surface area contributed by atoms with E-state index in [0.717, 1.165) is 17.2 Å². The van der Waals surface area contributed by atoms with E-state index in [1.807, 2.05) is 0 Å². The molecule has 2 aliphatic rings. The zero-order valence-corrected chi connectivity index (χ0v) is 18.8. The lowest BCUT2D eigenvalue weighted by atomic mass is 9.79. The van der Waals surface area contributed by atoms with E-state index in [1.165, 1.54) is 17.5 Å². The molecule has 0 unspecified atom stereocenters. The van der Waals surface area contributed by atoms with Gasteiger partial charge in [-0.15, -0.1) is 11.3 Å². The van der Waals surface area contributed by atoms with Crippen LogP contribution in [0.3, 0.4) is 0 Å². The summed E-state index contributed by atoms with van der Waals surface area (Å²) in [5, 5.41) is 1.68. The van der Waals surface area contributed by atoms with E-state index in [0.29, 0.717) is 13.0 Å². The molecule has 1 fully saturated rings. The summed E-state index contributed by atoms with van der Waals surface area (Å²) in [5.41, 5.74) is 2.39. The van der Waals surface area contributed by atoms with Crippen molar-refractivity contribution in [1.29, 1.82) is 0 Å². The summed E-state index contributed by atoms with van der Waals surface area (Å²) in [4.78, 5) is 11.2. The van der Waals surface area contributed by atoms with Crippen molar-refractivity contribution in [3.05, 3.63) is 22.8 Å². The molecule has 150 valence electrons. The van der Waals surface area contributed by atoms with Crippen molar-refractivity contribution in [3.8, 4) is 0 Å². The maximum absolute atomic E-state index is 12.6. The summed E-state index contributed by atoms with van der Waals surface area (Å²) < 4.78 is 28.3. The fraction of sp³-hybridized carbons (Fsp3) is 0.684. The Morgan fingerprint density at radius 2 is 1.85 bits per heavy atom. The highest BCUT2D eigenvalue weighted by atomic mass is 32.2. The van der Waals surface area contributed by atoms with Crippen molar-refractivity contribution in [2.75, 3.05) is 6.54 Å². The number of sulfonamides is 1. The minimum Gasteiger partial charge on any atom is -0.332 e. The fourth-order valence-electron chi connectivity index (χ4n) is 4.12. The molecule has 0 spiro atoms. The van der Waals surface area contributed by atoms with Gasteiger partial charge in [-0.25, -0.2) is 18.1 Å². The second-order valence-corrected chi connectivity index (χ2v) is 12.2. The Bertz CT molecular complexity index is 872. The van der Waals surface area contributed by atoms with Crippen LogP contribution in [0.25, 0.3) is 0 Å². The quantitative estimate of drug-likeness (QED) is 0.825. The van der Waals surface area contributed by atoms with Gasteiger partial charge in [-0.05, 0) is 17.9 Å². The van der Waals surface area contributed by atoms with E-state index in [9.17, 15) is 8.42 Å². The third-order valence-electron chi connectivity index (χ3n) is 4.91. The third kappa shape index (κ3) is 3.98. The Labute approximate surface area is 166 Å². The number of rotatable bonds is 3. The van der Waals surface area contributed by atoms with Crippen molar-refractivity contribution >= 4 is 27.2 Å². The summed E-state index contributed by atoms with van der Waals surface area (Å²) in [5.74, 6) is 1.04. The van der Waals surface area contributed by atoms with Crippen molar-refractivity contribution < 1.29 is 8.42 Å². The van der Waals surface area contributed by atoms with Crippen LogP contribution in [-0.4, -0.2) is 42.8 Å². The van der Waals surface area contributed by atoms with Gasteiger partial charge in [0.1, 0.15) is 5.84 Å². The molecule has 3 heterocycles. The van der Waals surface area contributed by atoms with Crippen LogP contribution in [0.2, 0.25) is 0 Å². The van der Waals surface area contributed by atoms with E-state index in [2.05, 4.69) is 63.1 Å². The average molecular weight is 411 g/mol. The predicted octanol–water partition coefficient (Wildman–Crippen LogP) is 3.64. The van der Waals surface area contributed by atoms with Crippen LogP contribution in [0.1, 0.15) is 54.9 Å². The number of hydrogen-bond acceptors (Lipinski definition) is 6. The highest BCUT2D eigenvalue weighted by Crippen LogP contribution is 2.43. The Hall–Kier alpha value is -1.25. The van der Waals surface area contributed by atoms with Crippen LogP contribution in [0.4, 0.5) is 0 Å². The van der Waals surface area contributed by atoms with Crippen molar-refractivity contribution in [3.63, 3.8) is 0 Å². The first kappa shape index (κ1) is 20.5. The molecule has 1 aromatic rings. The lowest BCUT2D eigenvalue weighted by Crippen LogP contribution is -2.45. The first-order valence-electron chi connectivity index (χ1n) is 9.32. The Morgan fingerprint density at radius 1 is 1.19 bits per heavy atom. The molecule has 1 aromatic heterocycles. The maximum Gasteiger partial charge on any atom is 0.268 e. The highest BCUT2D eigenvalue weighted by Gasteiger charge is 2.43. The van der Waals surface area contributed by atoms with Crippen LogP contribution in [0.5, 0.6) is 0 Å². The molecule has 0 saturated carbocycles.